The summed E-state index contributed by atoms with van der Waals surface area (Å²) in [7, 11) is 0. The maximum atomic E-state index is 12.7. The van der Waals surface area contributed by atoms with Gasteiger partial charge in [0.05, 0.1) is 6.61 Å². The van der Waals surface area contributed by atoms with Crippen molar-refractivity contribution >= 4 is 5.97 Å². The molecule has 6 nitrogen and oxygen atoms in total. The minimum Gasteiger partial charge on any atom is -0.461 e. The fourth-order valence-electron chi connectivity index (χ4n) is 1.42. The molecule has 0 saturated carbocycles. The largest absolute Gasteiger partial charge is 0.461 e. The Morgan fingerprint density at radius 2 is 2.39 bits per heavy atom. The molecule has 0 aliphatic carbocycles. The number of hydrogen-bond acceptors (Lipinski definition) is 5. The first-order valence-electron chi connectivity index (χ1n) is 5.07. The fourth-order valence-corrected chi connectivity index (χ4v) is 1.42. The molecule has 0 amide bonds. The Bertz CT molecular complexity index is 550. The van der Waals surface area contributed by atoms with E-state index in [0.717, 1.165) is 6.39 Å². The SMILES string of the molecule is CCOC(=O)c1ncoc1-c1ccnn1C(F)F. The van der Waals surface area contributed by atoms with Crippen molar-refractivity contribution in [1.29, 1.82) is 0 Å². The molecule has 2 aromatic heterocycles. The predicted octanol–water partition coefficient (Wildman–Crippen LogP) is 2.11. The Balaban J connectivity index is 2.42. The summed E-state index contributed by atoms with van der Waals surface area (Å²) in [6, 6.07) is 1.30. The Morgan fingerprint density at radius 1 is 1.61 bits per heavy atom. The first kappa shape index (κ1) is 12.2. The van der Waals surface area contributed by atoms with E-state index < -0.39 is 12.5 Å². The molecule has 0 aliphatic heterocycles. The quantitative estimate of drug-likeness (QED) is 0.784. The van der Waals surface area contributed by atoms with Crippen LogP contribution in [0, 0.1) is 0 Å². The van der Waals surface area contributed by atoms with E-state index in [1.165, 1.54) is 12.3 Å². The zero-order valence-electron chi connectivity index (χ0n) is 9.34. The molecule has 0 saturated heterocycles. The summed E-state index contributed by atoms with van der Waals surface area (Å²) in [4.78, 5) is 15.2. The number of hydrogen-bond donors (Lipinski definition) is 0. The minimum atomic E-state index is -2.84. The summed E-state index contributed by atoms with van der Waals surface area (Å²) in [6.07, 6.45) is 2.17. The van der Waals surface area contributed by atoms with E-state index in [1.807, 2.05) is 0 Å². The van der Waals surface area contributed by atoms with Crippen molar-refractivity contribution in [1.82, 2.24) is 14.8 Å². The highest BCUT2D eigenvalue weighted by atomic mass is 19.3. The average Bonchev–Trinajstić information content (AvgIpc) is 2.97. The minimum absolute atomic E-state index is 0.0365. The summed E-state index contributed by atoms with van der Waals surface area (Å²) >= 11 is 0. The van der Waals surface area contributed by atoms with Crippen LogP contribution in [0.3, 0.4) is 0 Å². The van der Waals surface area contributed by atoms with Crippen molar-refractivity contribution in [3.8, 4) is 11.5 Å². The second-order valence-corrected chi connectivity index (χ2v) is 3.19. The molecule has 2 heterocycles. The van der Waals surface area contributed by atoms with Crippen LogP contribution in [0.5, 0.6) is 0 Å². The van der Waals surface area contributed by atoms with Crippen LogP contribution in [0.2, 0.25) is 0 Å². The van der Waals surface area contributed by atoms with Gasteiger partial charge in [0.1, 0.15) is 5.69 Å². The van der Waals surface area contributed by atoms with Crippen molar-refractivity contribution in [2.24, 2.45) is 0 Å². The highest BCUT2D eigenvalue weighted by Crippen LogP contribution is 2.26. The van der Waals surface area contributed by atoms with E-state index >= 15 is 0 Å². The van der Waals surface area contributed by atoms with Crippen molar-refractivity contribution in [2.45, 2.75) is 13.5 Å². The molecule has 18 heavy (non-hydrogen) atoms. The van der Waals surface area contributed by atoms with Crippen LogP contribution in [0.15, 0.2) is 23.1 Å². The van der Waals surface area contributed by atoms with Gasteiger partial charge >= 0.3 is 12.5 Å². The highest BCUT2D eigenvalue weighted by molar-refractivity contribution is 5.93. The predicted molar refractivity (Wildman–Crippen MR) is 54.9 cm³/mol. The number of carbonyl (C=O) groups is 1. The number of oxazole rings is 1. The van der Waals surface area contributed by atoms with Gasteiger partial charge < -0.3 is 9.15 Å². The molecule has 0 N–H and O–H groups in total. The lowest BCUT2D eigenvalue weighted by molar-refractivity contribution is 0.0514. The molecule has 2 aromatic rings. The van der Waals surface area contributed by atoms with E-state index in [-0.39, 0.29) is 23.8 Å². The van der Waals surface area contributed by atoms with Gasteiger partial charge in [-0.15, -0.1) is 0 Å². The van der Waals surface area contributed by atoms with Gasteiger partial charge in [-0.2, -0.15) is 13.9 Å². The zero-order chi connectivity index (χ0) is 13.1. The average molecular weight is 257 g/mol. The highest BCUT2D eigenvalue weighted by Gasteiger charge is 2.24. The summed E-state index contributed by atoms with van der Waals surface area (Å²) in [6.45, 7) is -1.06. The van der Waals surface area contributed by atoms with E-state index in [9.17, 15) is 13.6 Å². The Hall–Kier alpha value is -2.25. The summed E-state index contributed by atoms with van der Waals surface area (Å²) < 4.78 is 35.5. The first-order chi connectivity index (χ1) is 8.65. The van der Waals surface area contributed by atoms with Crippen LogP contribution in [0.4, 0.5) is 8.78 Å². The second kappa shape index (κ2) is 4.94. The number of aromatic nitrogens is 3. The van der Waals surface area contributed by atoms with Gasteiger partial charge in [-0.05, 0) is 13.0 Å². The molecule has 0 aromatic carbocycles. The zero-order valence-corrected chi connectivity index (χ0v) is 9.34. The summed E-state index contributed by atoms with van der Waals surface area (Å²) in [5, 5.41) is 3.44. The number of rotatable bonds is 4. The van der Waals surface area contributed by atoms with Crippen LogP contribution in [-0.2, 0) is 4.74 Å². The maximum Gasteiger partial charge on any atom is 0.361 e. The third-order valence-corrected chi connectivity index (χ3v) is 2.12. The van der Waals surface area contributed by atoms with Gasteiger partial charge in [-0.25, -0.2) is 14.5 Å². The van der Waals surface area contributed by atoms with Gasteiger partial charge in [0.15, 0.2) is 17.8 Å². The third kappa shape index (κ3) is 2.08. The van der Waals surface area contributed by atoms with Gasteiger partial charge in [-0.3, -0.25) is 0 Å². The molecule has 0 spiro atoms. The van der Waals surface area contributed by atoms with Crippen molar-refractivity contribution < 1.29 is 22.7 Å². The summed E-state index contributed by atoms with van der Waals surface area (Å²) in [5.74, 6) is -0.825. The molecular formula is C10H9F2N3O3. The lowest BCUT2D eigenvalue weighted by Gasteiger charge is -2.04. The molecule has 0 atom stereocenters. The van der Waals surface area contributed by atoms with E-state index in [0.29, 0.717) is 4.68 Å². The summed E-state index contributed by atoms with van der Waals surface area (Å²) in [5.41, 5.74) is -0.190. The molecule has 2 rings (SSSR count). The molecule has 96 valence electrons. The standard InChI is InChI=1S/C10H9F2N3O3/c1-2-17-9(16)7-8(18-5-13-7)6-3-4-14-15(6)10(11)12/h3-5,10H,2H2,1H3. The van der Waals surface area contributed by atoms with Crippen molar-refractivity contribution in [3.63, 3.8) is 0 Å². The molecule has 0 aliphatic rings. The number of ether oxygens (including phenoxy) is 1. The van der Waals surface area contributed by atoms with E-state index in [1.54, 1.807) is 6.92 Å². The molecule has 0 fully saturated rings. The second-order valence-electron chi connectivity index (χ2n) is 3.19. The monoisotopic (exact) mass is 257 g/mol. The maximum absolute atomic E-state index is 12.7. The lowest BCUT2D eigenvalue weighted by Crippen LogP contribution is -2.08. The van der Waals surface area contributed by atoms with Gasteiger partial charge in [0, 0.05) is 6.20 Å². The lowest BCUT2D eigenvalue weighted by atomic mass is 10.2. The van der Waals surface area contributed by atoms with Crippen LogP contribution in [0.1, 0.15) is 24.0 Å². The third-order valence-electron chi connectivity index (χ3n) is 2.12. The topological polar surface area (TPSA) is 70.2 Å². The molecule has 0 unspecified atom stereocenters. The number of nitrogens with zero attached hydrogens (tertiary/aromatic N) is 3. The molecule has 8 heteroatoms. The van der Waals surface area contributed by atoms with Crippen LogP contribution < -0.4 is 0 Å². The Labute approximate surface area is 100 Å². The normalized spacial score (nSPS) is 10.9. The van der Waals surface area contributed by atoms with Crippen LogP contribution in [-0.4, -0.2) is 27.3 Å². The van der Waals surface area contributed by atoms with Crippen molar-refractivity contribution in [2.75, 3.05) is 6.61 Å². The van der Waals surface area contributed by atoms with Gasteiger partial charge in [0.25, 0.3) is 0 Å². The molecule has 0 radical (unpaired) electrons. The van der Waals surface area contributed by atoms with E-state index in [4.69, 9.17) is 9.15 Å². The van der Waals surface area contributed by atoms with Crippen LogP contribution >= 0.6 is 0 Å². The number of halogens is 2. The Morgan fingerprint density at radius 3 is 3.06 bits per heavy atom. The Kier molecular flexibility index (Phi) is 3.35. The van der Waals surface area contributed by atoms with Crippen molar-refractivity contribution in [3.05, 3.63) is 24.4 Å². The van der Waals surface area contributed by atoms with Gasteiger partial charge in [0.2, 0.25) is 0 Å². The smallest absolute Gasteiger partial charge is 0.361 e. The number of alkyl halides is 2. The number of carbonyl (C=O) groups excluding carboxylic acids is 1. The van der Waals surface area contributed by atoms with E-state index in [2.05, 4.69) is 10.1 Å². The number of esters is 1. The first-order valence-corrected chi connectivity index (χ1v) is 5.07. The van der Waals surface area contributed by atoms with Crippen LogP contribution in [0.25, 0.3) is 11.5 Å². The van der Waals surface area contributed by atoms with Gasteiger partial charge in [-0.1, -0.05) is 0 Å². The molecular weight excluding hydrogens is 248 g/mol. The fraction of sp³-hybridized carbons (Fsp3) is 0.300. The molecule has 0 bridgehead atoms.